The highest BCUT2D eigenvalue weighted by Gasteiger charge is 2.24. The summed E-state index contributed by atoms with van der Waals surface area (Å²) >= 11 is 6.79. The van der Waals surface area contributed by atoms with Crippen LogP contribution in [0.25, 0.3) is 22.2 Å². The molecule has 1 fully saturated rings. The van der Waals surface area contributed by atoms with Gasteiger partial charge < -0.3 is 19.1 Å². The van der Waals surface area contributed by atoms with E-state index < -0.39 is 23.4 Å². The molecule has 1 aliphatic heterocycles. The van der Waals surface area contributed by atoms with E-state index in [0.29, 0.717) is 30.0 Å². The number of carboxylic acid groups (broad SMARTS) is 1. The van der Waals surface area contributed by atoms with E-state index in [9.17, 15) is 14.3 Å². The van der Waals surface area contributed by atoms with Crippen LogP contribution in [0.2, 0.25) is 5.02 Å². The van der Waals surface area contributed by atoms with Gasteiger partial charge in [-0.05, 0) is 66.0 Å². The first kappa shape index (κ1) is 27.3. The van der Waals surface area contributed by atoms with Gasteiger partial charge >= 0.3 is 5.97 Å². The molecule has 0 unspecified atom stereocenters. The number of nitrogens with zero attached hydrogens (tertiary/aromatic N) is 3. The Labute approximate surface area is 240 Å². The number of halogens is 4. The Balaban J connectivity index is 1.29. The van der Waals surface area contributed by atoms with Gasteiger partial charge in [0.2, 0.25) is 5.88 Å². The van der Waals surface area contributed by atoms with Crippen LogP contribution in [0.1, 0.15) is 33.7 Å². The summed E-state index contributed by atoms with van der Waals surface area (Å²) in [6.45, 7) is 0.866. The van der Waals surface area contributed by atoms with Crippen molar-refractivity contribution in [1.29, 1.82) is 0 Å². The highest BCUT2D eigenvalue weighted by atomic mass is 35.5. The molecule has 6 rings (SSSR count). The molecule has 1 aliphatic rings. The zero-order valence-electron chi connectivity index (χ0n) is 21.2. The summed E-state index contributed by atoms with van der Waals surface area (Å²) < 4.78 is 62.2. The number of fused-ring (bicyclic) bond motifs is 1. The number of rotatable bonds is 9. The first-order chi connectivity index (χ1) is 19.8. The number of carbonyl (C=O) groups is 1. The second-order valence-corrected chi connectivity index (χ2v) is 10.7. The van der Waals surface area contributed by atoms with Gasteiger partial charge in [0.1, 0.15) is 29.9 Å². The third-order valence-electron chi connectivity index (χ3n) is 6.94. The molecule has 1 atom stereocenters. The van der Waals surface area contributed by atoms with E-state index >= 15 is 8.78 Å². The van der Waals surface area contributed by atoms with E-state index in [2.05, 4.69) is 9.36 Å². The molecule has 2 aromatic heterocycles. The Morgan fingerprint density at radius 1 is 1.07 bits per heavy atom. The summed E-state index contributed by atoms with van der Waals surface area (Å²) in [5.74, 6) is -2.48. The largest absolute Gasteiger partial charge is 0.478 e. The van der Waals surface area contributed by atoms with Crippen molar-refractivity contribution in [3.05, 3.63) is 98.9 Å². The lowest BCUT2D eigenvalue weighted by atomic mass is 10.0. The SMILES string of the molecule is O=C(O)c1ccc2nc(Cc3cc(F)c(-c4csnc4OCc4ccc(Cl)cc4F)cc3F)n(C[C@@H]3CCO3)c2c1. The molecule has 3 aromatic carbocycles. The van der Waals surface area contributed by atoms with E-state index in [1.54, 1.807) is 6.07 Å². The number of ether oxygens (including phenoxy) is 2. The van der Waals surface area contributed by atoms with Gasteiger partial charge in [0.25, 0.3) is 0 Å². The predicted octanol–water partition coefficient (Wildman–Crippen LogP) is 6.89. The Hall–Kier alpha value is -3.93. The van der Waals surface area contributed by atoms with Gasteiger partial charge in [-0.15, -0.1) is 0 Å². The van der Waals surface area contributed by atoms with Gasteiger partial charge in [-0.1, -0.05) is 17.7 Å². The summed E-state index contributed by atoms with van der Waals surface area (Å²) in [6.07, 6.45) is 0.724. The van der Waals surface area contributed by atoms with Crippen molar-refractivity contribution in [2.45, 2.75) is 32.1 Å². The van der Waals surface area contributed by atoms with Crippen LogP contribution in [0.4, 0.5) is 13.2 Å². The smallest absolute Gasteiger partial charge is 0.335 e. The van der Waals surface area contributed by atoms with Crippen LogP contribution in [-0.4, -0.2) is 37.7 Å². The normalized spacial score (nSPS) is 14.8. The number of carboxylic acids is 1. The highest BCUT2D eigenvalue weighted by Crippen LogP contribution is 2.35. The summed E-state index contributed by atoms with van der Waals surface area (Å²) in [6, 6.07) is 10.9. The highest BCUT2D eigenvalue weighted by molar-refractivity contribution is 7.04. The maximum Gasteiger partial charge on any atom is 0.335 e. The molecule has 0 aliphatic carbocycles. The molecule has 7 nitrogen and oxygen atoms in total. The Kier molecular flexibility index (Phi) is 7.41. The van der Waals surface area contributed by atoms with Gasteiger partial charge in [0, 0.05) is 34.6 Å². The minimum Gasteiger partial charge on any atom is -0.478 e. The van der Waals surface area contributed by atoms with Crippen molar-refractivity contribution in [2.75, 3.05) is 6.61 Å². The Bertz CT molecular complexity index is 1790. The van der Waals surface area contributed by atoms with Crippen molar-refractivity contribution in [3.63, 3.8) is 0 Å². The number of aromatic nitrogens is 3. The zero-order chi connectivity index (χ0) is 28.7. The molecule has 5 aromatic rings. The van der Waals surface area contributed by atoms with Gasteiger partial charge in [0.15, 0.2) is 0 Å². The van der Waals surface area contributed by atoms with Crippen LogP contribution in [0.15, 0.2) is 53.9 Å². The number of hydrogen-bond acceptors (Lipinski definition) is 6. The summed E-state index contributed by atoms with van der Waals surface area (Å²) in [5.41, 5.74) is 1.73. The maximum atomic E-state index is 15.5. The molecule has 3 heterocycles. The molecule has 0 bridgehead atoms. The molecule has 0 spiro atoms. The zero-order valence-corrected chi connectivity index (χ0v) is 22.8. The van der Waals surface area contributed by atoms with Gasteiger partial charge in [-0.2, -0.15) is 4.37 Å². The number of aromatic carboxylic acids is 1. The minimum atomic E-state index is -1.07. The predicted molar refractivity (Wildman–Crippen MR) is 147 cm³/mol. The number of imidazole rings is 1. The lowest BCUT2D eigenvalue weighted by molar-refractivity contribution is -0.0589. The fourth-order valence-corrected chi connectivity index (χ4v) is 5.46. The number of benzene rings is 3. The molecule has 0 saturated carbocycles. The molecule has 41 heavy (non-hydrogen) atoms. The molecule has 0 amide bonds. The van der Waals surface area contributed by atoms with Gasteiger partial charge in [0.05, 0.1) is 34.8 Å². The third kappa shape index (κ3) is 5.52. The van der Waals surface area contributed by atoms with Crippen LogP contribution in [0.3, 0.4) is 0 Å². The quantitative estimate of drug-likeness (QED) is 0.199. The van der Waals surface area contributed by atoms with Crippen LogP contribution >= 0.6 is 23.1 Å². The first-order valence-corrected chi connectivity index (χ1v) is 13.8. The average molecular weight is 600 g/mol. The van der Waals surface area contributed by atoms with Crippen molar-refractivity contribution >= 4 is 40.1 Å². The van der Waals surface area contributed by atoms with E-state index in [0.717, 1.165) is 36.2 Å². The second-order valence-electron chi connectivity index (χ2n) is 9.59. The van der Waals surface area contributed by atoms with Crippen molar-refractivity contribution in [3.8, 4) is 17.0 Å². The lowest BCUT2D eigenvalue weighted by Crippen LogP contribution is -2.31. The molecule has 210 valence electrons. The monoisotopic (exact) mass is 599 g/mol. The molecule has 0 radical (unpaired) electrons. The van der Waals surface area contributed by atoms with Gasteiger partial charge in [-0.25, -0.2) is 22.9 Å². The number of hydrogen-bond donors (Lipinski definition) is 1. The van der Waals surface area contributed by atoms with Gasteiger partial charge in [-0.3, -0.25) is 0 Å². The van der Waals surface area contributed by atoms with Crippen molar-refractivity contribution < 1.29 is 32.5 Å². The van der Waals surface area contributed by atoms with Crippen molar-refractivity contribution in [2.24, 2.45) is 0 Å². The van der Waals surface area contributed by atoms with Crippen molar-refractivity contribution in [1.82, 2.24) is 13.9 Å². The van der Waals surface area contributed by atoms with Crippen LogP contribution in [-0.2, 0) is 24.3 Å². The summed E-state index contributed by atoms with van der Waals surface area (Å²) in [7, 11) is 0. The summed E-state index contributed by atoms with van der Waals surface area (Å²) in [4.78, 5) is 16.1. The molecule has 12 heteroatoms. The van der Waals surface area contributed by atoms with Crippen LogP contribution in [0, 0.1) is 17.5 Å². The molecular formula is C29H21ClF3N3O4S. The van der Waals surface area contributed by atoms with Crippen LogP contribution in [0.5, 0.6) is 5.88 Å². The maximum absolute atomic E-state index is 15.5. The topological polar surface area (TPSA) is 86.5 Å². The minimum absolute atomic E-state index is 0.0338. The average Bonchev–Trinajstić information content (AvgIpc) is 3.51. The van der Waals surface area contributed by atoms with Crippen LogP contribution < -0.4 is 4.74 Å². The fraction of sp³-hybridized carbons (Fsp3) is 0.207. The lowest BCUT2D eigenvalue weighted by Gasteiger charge is -2.27. The van der Waals surface area contributed by atoms with E-state index in [1.807, 2.05) is 4.57 Å². The third-order valence-corrected chi connectivity index (χ3v) is 7.79. The fourth-order valence-electron chi connectivity index (χ4n) is 4.67. The molecule has 1 saturated heterocycles. The molecular weight excluding hydrogens is 579 g/mol. The standard InChI is InChI=1S/C29H21ClF3N3O4S/c30-18-3-1-16(22(31)10-18)13-40-28-21(14-41-35-28)20-11-23(32)17(7-24(20)33)9-27-34-25-4-2-15(29(37)38)8-26(25)36(27)12-19-5-6-39-19/h1-4,7-8,10-11,14,19H,5-6,9,12-13H2,(H,37,38)/t19-/m0/s1. The van der Waals surface area contributed by atoms with E-state index in [1.165, 1.54) is 29.6 Å². The van der Waals surface area contributed by atoms with E-state index in [4.69, 9.17) is 21.1 Å². The summed E-state index contributed by atoms with van der Waals surface area (Å²) in [5, 5.41) is 11.2. The first-order valence-electron chi connectivity index (χ1n) is 12.6. The molecule has 1 N–H and O–H groups in total. The Morgan fingerprint density at radius 2 is 1.88 bits per heavy atom. The van der Waals surface area contributed by atoms with E-state index in [-0.39, 0.29) is 57.9 Å². The second kappa shape index (κ2) is 11.2. The Morgan fingerprint density at radius 3 is 2.61 bits per heavy atom.